The lowest BCUT2D eigenvalue weighted by molar-refractivity contribution is -0.385. The number of rotatable bonds is 10. The predicted octanol–water partition coefficient (Wildman–Crippen LogP) is 2.54. The predicted molar refractivity (Wildman–Crippen MR) is 114 cm³/mol. The topological polar surface area (TPSA) is 165 Å². The number of nitrogens with one attached hydrogen (secondary N) is 1. The maximum absolute atomic E-state index is 12.1. The summed E-state index contributed by atoms with van der Waals surface area (Å²) in [6.45, 7) is -0.0439. The number of nitro groups is 1. The van der Waals surface area contributed by atoms with Crippen molar-refractivity contribution in [2.75, 3.05) is 7.11 Å². The van der Waals surface area contributed by atoms with Gasteiger partial charge in [-0.05, 0) is 30.0 Å². The molecule has 0 aromatic heterocycles. The van der Waals surface area contributed by atoms with Crippen molar-refractivity contribution in [3.63, 3.8) is 0 Å². The van der Waals surface area contributed by atoms with Crippen LogP contribution in [0.1, 0.15) is 17.5 Å². The van der Waals surface area contributed by atoms with Crippen LogP contribution in [-0.2, 0) is 31.9 Å². The average molecular weight is 466 g/mol. The standard InChI is InChI=1S/C20H23N2O9P/c1-30-19(24)16(21-20(25)31-12-13-5-3-2-4-6-13)11-15(32(28)29)9-14-7-8-18(23)17(10-14)22(26)27/h2-8,10,15-16,23,32H,9,11-12H2,1H3,(H,21,25)(H,28,29)/t15?,16-/m0/s1. The summed E-state index contributed by atoms with van der Waals surface area (Å²) in [6, 6.07) is 11.1. The molecule has 0 heterocycles. The van der Waals surface area contributed by atoms with Crippen LogP contribution in [0.3, 0.4) is 0 Å². The van der Waals surface area contributed by atoms with Crippen LogP contribution in [0.4, 0.5) is 10.5 Å². The first kappa shape index (κ1) is 24.8. The third-order valence-corrected chi connectivity index (χ3v) is 5.72. The molecule has 0 fully saturated rings. The first-order valence-corrected chi connectivity index (χ1v) is 10.9. The fourth-order valence-corrected chi connectivity index (χ4v) is 3.79. The van der Waals surface area contributed by atoms with Crippen LogP contribution in [0.2, 0.25) is 0 Å². The number of phenols is 1. The first-order chi connectivity index (χ1) is 15.2. The molecule has 11 nitrogen and oxygen atoms in total. The number of aromatic hydroxyl groups is 1. The molecular weight excluding hydrogens is 443 g/mol. The quantitative estimate of drug-likeness (QED) is 0.206. The SMILES string of the molecule is COC(=O)[C@H](CC(Cc1ccc(O)c([N+](=O)[O-])c1)[PH](=O)O)NC(=O)OCc1ccccc1. The Bertz CT molecular complexity index is 984. The molecule has 2 rings (SSSR count). The zero-order valence-electron chi connectivity index (χ0n) is 17.1. The maximum atomic E-state index is 12.1. The maximum Gasteiger partial charge on any atom is 0.408 e. The number of nitro benzene ring substituents is 1. The Balaban J connectivity index is 2.09. The molecule has 0 radical (unpaired) electrons. The van der Waals surface area contributed by atoms with Crippen molar-refractivity contribution in [2.45, 2.75) is 31.1 Å². The zero-order valence-corrected chi connectivity index (χ0v) is 18.1. The summed E-state index contributed by atoms with van der Waals surface area (Å²) in [4.78, 5) is 44.3. The lowest BCUT2D eigenvalue weighted by Gasteiger charge is -2.21. The van der Waals surface area contributed by atoms with E-state index in [0.717, 1.165) is 24.8 Å². The molecule has 172 valence electrons. The number of alkyl carbamates (subject to hydrolysis) is 1. The van der Waals surface area contributed by atoms with E-state index in [1.807, 2.05) is 0 Å². The molecule has 3 atom stereocenters. The summed E-state index contributed by atoms with van der Waals surface area (Å²) in [5.41, 5.74) is -0.527. The minimum Gasteiger partial charge on any atom is -0.502 e. The number of nitrogens with zero attached hydrogens (tertiary/aromatic N) is 1. The molecule has 12 heteroatoms. The molecule has 0 spiro atoms. The lowest BCUT2D eigenvalue weighted by Crippen LogP contribution is -2.43. The number of methoxy groups -OCH3 is 1. The molecule has 2 unspecified atom stereocenters. The van der Waals surface area contributed by atoms with E-state index in [-0.39, 0.29) is 19.4 Å². The van der Waals surface area contributed by atoms with Gasteiger partial charge in [0.05, 0.1) is 12.0 Å². The lowest BCUT2D eigenvalue weighted by atomic mass is 10.0. The van der Waals surface area contributed by atoms with Gasteiger partial charge in [0.15, 0.2) is 13.8 Å². The van der Waals surface area contributed by atoms with Gasteiger partial charge in [-0.1, -0.05) is 36.4 Å². The van der Waals surface area contributed by atoms with E-state index >= 15 is 0 Å². The summed E-state index contributed by atoms with van der Waals surface area (Å²) >= 11 is 0. The number of phenolic OH excluding ortho intramolecular Hbond substituents is 1. The molecule has 32 heavy (non-hydrogen) atoms. The second-order valence-electron chi connectivity index (χ2n) is 6.84. The van der Waals surface area contributed by atoms with Crippen LogP contribution < -0.4 is 5.32 Å². The second kappa shape index (κ2) is 11.8. The van der Waals surface area contributed by atoms with Crippen molar-refractivity contribution >= 4 is 25.8 Å². The van der Waals surface area contributed by atoms with Gasteiger partial charge in [0.1, 0.15) is 12.6 Å². The summed E-state index contributed by atoms with van der Waals surface area (Å²) < 4.78 is 21.7. The monoisotopic (exact) mass is 466 g/mol. The van der Waals surface area contributed by atoms with Crippen molar-refractivity contribution in [2.24, 2.45) is 0 Å². The number of amides is 1. The highest BCUT2D eigenvalue weighted by molar-refractivity contribution is 7.38. The Morgan fingerprint density at radius 1 is 1.19 bits per heavy atom. The fraction of sp³-hybridized carbons (Fsp3) is 0.300. The van der Waals surface area contributed by atoms with Gasteiger partial charge in [0.25, 0.3) is 0 Å². The van der Waals surface area contributed by atoms with E-state index in [1.54, 1.807) is 30.3 Å². The first-order valence-electron chi connectivity index (χ1n) is 9.45. The van der Waals surface area contributed by atoms with Crippen LogP contribution in [0, 0.1) is 10.1 Å². The summed E-state index contributed by atoms with van der Waals surface area (Å²) in [5, 5.41) is 22.9. The summed E-state index contributed by atoms with van der Waals surface area (Å²) in [7, 11) is -2.12. The molecule has 3 N–H and O–H groups in total. The molecule has 0 saturated heterocycles. The molecule has 1 amide bonds. The van der Waals surface area contributed by atoms with Gasteiger partial charge in [-0.3, -0.25) is 14.7 Å². The van der Waals surface area contributed by atoms with Gasteiger partial charge >= 0.3 is 17.7 Å². The Kier molecular flexibility index (Phi) is 9.18. The largest absolute Gasteiger partial charge is 0.502 e. The van der Waals surface area contributed by atoms with E-state index in [2.05, 4.69) is 10.1 Å². The third-order valence-electron chi connectivity index (χ3n) is 4.58. The van der Waals surface area contributed by atoms with Crippen LogP contribution in [0.15, 0.2) is 48.5 Å². The van der Waals surface area contributed by atoms with Crippen molar-refractivity contribution < 1.29 is 38.6 Å². The van der Waals surface area contributed by atoms with E-state index in [9.17, 15) is 34.3 Å². The molecule has 0 aliphatic carbocycles. The third kappa shape index (κ3) is 7.36. The highest BCUT2D eigenvalue weighted by Gasteiger charge is 2.29. The Labute approximate surface area is 184 Å². The van der Waals surface area contributed by atoms with Crippen molar-refractivity contribution in [1.29, 1.82) is 0 Å². The molecule has 0 saturated carbocycles. The van der Waals surface area contributed by atoms with E-state index < -0.39 is 48.2 Å². The van der Waals surface area contributed by atoms with Gasteiger partial charge < -0.3 is 24.8 Å². The van der Waals surface area contributed by atoms with E-state index in [0.29, 0.717) is 5.56 Å². The minimum atomic E-state index is -3.22. The number of hydrogen-bond donors (Lipinski definition) is 3. The molecule has 0 bridgehead atoms. The van der Waals surface area contributed by atoms with Gasteiger partial charge in [0.2, 0.25) is 0 Å². The van der Waals surface area contributed by atoms with Gasteiger partial charge in [-0.25, -0.2) is 9.59 Å². The number of esters is 1. The molecule has 0 aliphatic heterocycles. The Morgan fingerprint density at radius 2 is 1.88 bits per heavy atom. The number of carbonyl (C=O) groups excluding carboxylic acids is 2. The van der Waals surface area contributed by atoms with Crippen molar-refractivity contribution in [1.82, 2.24) is 5.32 Å². The second-order valence-corrected chi connectivity index (χ2v) is 8.33. The molecule has 0 aliphatic rings. The summed E-state index contributed by atoms with van der Waals surface area (Å²) in [6.07, 6.45) is -1.29. The fourth-order valence-electron chi connectivity index (χ4n) is 2.95. The Hall–Kier alpha value is -3.43. The van der Waals surface area contributed by atoms with Crippen LogP contribution in [0.25, 0.3) is 0 Å². The van der Waals surface area contributed by atoms with Crippen LogP contribution >= 0.6 is 8.03 Å². The van der Waals surface area contributed by atoms with Gasteiger partial charge in [0, 0.05) is 11.7 Å². The van der Waals surface area contributed by atoms with E-state index in [4.69, 9.17) is 4.74 Å². The number of benzene rings is 2. The normalized spacial score (nSPS) is 13.4. The molecular formula is C20H23N2O9P. The van der Waals surface area contributed by atoms with Crippen LogP contribution in [0.5, 0.6) is 5.75 Å². The summed E-state index contributed by atoms with van der Waals surface area (Å²) in [5.74, 6) is -1.38. The number of ether oxygens (including phenoxy) is 2. The zero-order chi connectivity index (χ0) is 23.7. The van der Waals surface area contributed by atoms with E-state index in [1.165, 1.54) is 6.07 Å². The van der Waals surface area contributed by atoms with Gasteiger partial charge in [-0.2, -0.15) is 0 Å². The minimum absolute atomic E-state index is 0.0439. The number of carbonyl (C=O) groups is 2. The van der Waals surface area contributed by atoms with Crippen molar-refractivity contribution in [3.05, 3.63) is 69.8 Å². The highest BCUT2D eigenvalue weighted by Crippen LogP contribution is 2.33. The number of hydrogen-bond acceptors (Lipinski definition) is 8. The smallest absolute Gasteiger partial charge is 0.408 e. The Morgan fingerprint density at radius 3 is 2.47 bits per heavy atom. The van der Waals surface area contributed by atoms with Crippen molar-refractivity contribution in [3.8, 4) is 5.75 Å². The van der Waals surface area contributed by atoms with Crippen LogP contribution in [-0.4, -0.2) is 45.8 Å². The molecule has 2 aromatic rings. The average Bonchev–Trinajstić information content (AvgIpc) is 2.77. The highest BCUT2D eigenvalue weighted by atomic mass is 31.1. The van der Waals surface area contributed by atoms with Gasteiger partial charge in [-0.15, -0.1) is 0 Å². The molecule has 2 aromatic carbocycles.